The van der Waals surface area contributed by atoms with Gasteiger partial charge in [-0.25, -0.2) is 0 Å². The molecule has 2 heterocycles. The highest BCUT2D eigenvalue weighted by Crippen LogP contribution is 2.29. The van der Waals surface area contributed by atoms with Gasteiger partial charge < -0.3 is 15.0 Å². The van der Waals surface area contributed by atoms with E-state index in [0.717, 1.165) is 43.7 Å². The zero-order chi connectivity index (χ0) is 17.2. The van der Waals surface area contributed by atoms with Crippen molar-refractivity contribution in [2.24, 2.45) is 17.8 Å². The van der Waals surface area contributed by atoms with Gasteiger partial charge in [0.1, 0.15) is 12.4 Å². The Balaban J connectivity index is 1.34. The standard InChI is InChI=1S/C20H26N2O3/c23-19(21-11-14-7-8-14)16-5-3-9-22(12-16)20(24)17-10-15-4-1-2-6-18(15)25-13-17/h1-2,4,6,14,16-17H,3,5,7-13H2,(H,21,23). The SMILES string of the molecule is O=C(NCC1CC1)C1CCCN(C(=O)C2COc3ccccc3C2)C1. The third kappa shape index (κ3) is 3.80. The molecule has 2 unspecified atom stereocenters. The summed E-state index contributed by atoms with van der Waals surface area (Å²) in [5.41, 5.74) is 1.10. The number of para-hydroxylation sites is 1. The molecule has 2 aliphatic heterocycles. The first-order valence-corrected chi connectivity index (χ1v) is 9.48. The fraction of sp³-hybridized carbons (Fsp3) is 0.600. The summed E-state index contributed by atoms with van der Waals surface area (Å²) in [5.74, 6) is 1.63. The van der Waals surface area contributed by atoms with Crippen molar-refractivity contribution in [1.29, 1.82) is 0 Å². The van der Waals surface area contributed by atoms with Crippen LogP contribution in [-0.2, 0) is 16.0 Å². The highest BCUT2D eigenvalue weighted by Gasteiger charge is 2.34. The second-order valence-corrected chi connectivity index (χ2v) is 7.63. The van der Waals surface area contributed by atoms with Gasteiger partial charge in [0.05, 0.1) is 11.8 Å². The molecule has 5 heteroatoms. The predicted molar refractivity (Wildman–Crippen MR) is 94.2 cm³/mol. The topological polar surface area (TPSA) is 58.6 Å². The molecule has 0 spiro atoms. The molecule has 2 amide bonds. The number of nitrogens with zero attached hydrogens (tertiary/aromatic N) is 1. The third-order valence-corrected chi connectivity index (χ3v) is 5.59. The summed E-state index contributed by atoms with van der Waals surface area (Å²) in [6, 6.07) is 7.92. The Morgan fingerprint density at radius 1 is 1.16 bits per heavy atom. The zero-order valence-electron chi connectivity index (χ0n) is 14.6. The molecular formula is C20H26N2O3. The van der Waals surface area contributed by atoms with Crippen LogP contribution in [0.25, 0.3) is 0 Å². The van der Waals surface area contributed by atoms with Crippen LogP contribution in [0.15, 0.2) is 24.3 Å². The number of carbonyl (C=O) groups is 2. The first-order chi connectivity index (χ1) is 12.2. The van der Waals surface area contributed by atoms with E-state index in [0.29, 0.717) is 19.1 Å². The summed E-state index contributed by atoms with van der Waals surface area (Å²) in [6.07, 6.45) is 4.98. The van der Waals surface area contributed by atoms with E-state index >= 15 is 0 Å². The van der Waals surface area contributed by atoms with Gasteiger partial charge in [0, 0.05) is 19.6 Å². The smallest absolute Gasteiger partial charge is 0.229 e. The number of carbonyl (C=O) groups excluding carboxylic acids is 2. The van der Waals surface area contributed by atoms with E-state index in [9.17, 15) is 9.59 Å². The van der Waals surface area contributed by atoms with Crippen LogP contribution in [0, 0.1) is 17.8 Å². The van der Waals surface area contributed by atoms with E-state index in [2.05, 4.69) is 5.32 Å². The van der Waals surface area contributed by atoms with E-state index in [1.807, 2.05) is 29.2 Å². The Bertz CT molecular complexity index is 656. The lowest BCUT2D eigenvalue weighted by molar-refractivity contribution is -0.140. The Morgan fingerprint density at radius 2 is 2.00 bits per heavy atom. The van der Waals surface area contributed by atoms with E-state index in [1.165, 1.54) is 12.8 Å². The van der Waals surface area contributed by atoms with Gasteiger partial charge >= 0.3 is 0 Å². The molecule has 4 rings (SSSR count). The molecular weight excluding hydrogens is 316 g/mol. The molecule has 3 aliphatic rings. The van der Waals surface area contributed by atoms with Crippen molar-refractivity contribution in [3.8, 4) is 5.75 Å². The summed E-state index contributed by atoms with van der Waals surface area (Å²) in [5, 5.41) is 3.06. The molecule has 1 saturated heterocycles. The Morgan fingerprint density at radius 3 is 2.84 bits per heavy atom. The molecule has 0 radical (unpaired) electrons. The fourth-order valence-corrected chi connectivity index (χ4v) is 3.85. The quantitative estimate of drug-likeness (QED) is 0.910. The van der Waals surface area contributed by atoms with Crippen molar-refractivity contribution in [1.82, 2.24) is 10.2 Å². The van der Waals surface area contributed by atoms with Crippen molar-refractivity contribution >= 4 is 11.8 Å². The predicted octanol–water partition coefficient (Wildman–Crippen LogP) is 2.00. The molecule has 25 heavy (non-hydrogen) atoms. The van der Waals surface area contributed by atoms with E-state index < -0.39 is 0 Å². The van der Waals surface area contributed by atoms with Crippen molar-refractivity contribution in [3.05, 3.63) is 29.8 Å². The van der Waals surface area contributed by atoms with Crippen LogP contribution in [0.4, 0.5) is 0 Å². The fourth-order valence-electron chi connectivity index (χ4n) is 3.85. The van der Waals surface area contributed by atoms with Gasteiger partial charge in [-0.15, -0.1) is 0 Å². The van der Waals surface area contributed by atoms with Crippen LogP contribution < -0.4 is 10.1 Å². The minimum atomic E-state index is -0.136. The number of fused-ring (bicyclic) bond motifs is 1. The third-order valence-electron chi connectivity index (χ3n) is 5.59. The summed E-state index contributed by atoms with van der Waals surface area (Å²) in [4.78, 5) is 27.2. The van der Waals surface area contributed by atoms with Crippen molar-refractivity contribution in [2.75, 3.05) is 26.2 Å². The van der Waals surface area contributed by atoms with Crippen LogP contribution in [0.1, 0.15) is 31.2 Å². The molecule has 1 aliphatic carbocycles. The van der Waals surface area contributed by atoms with Crippen LogP contribution in [-0.4, -0.2) is 43.0 Å². The highest BCUT2D eigenvalue weighted by atomic mass is 16.5. The van der Waals surface area contributed by atoms with E-state index in [1.54, 1.807) is 0 Å². The van der Waals surface area contributed by atoms with Crippen molar-refractivity contribution < 1.29 is 14.3 Å². The lowest BCUT2D eigenvalue weighted by atomic mass is 9.92. The van der Waals surface area contributed by atoms with Crippen molar-refractivity contribution in [2.45, 2.75) is 32.1 Å². The first-order valence-electron chi connectivity index (χ1n) is 9.48. The first kappa shape index (κ1) is 16.4. The number of ether oxygens (including phenoxy) is 1. The molecule has 1 saturated carbocycles. The van der Waals surface area contributed by atoms with E-state index in [4.69, 9.17) is 4.74 Å². The maximum atomic E-state index is 12.9. The zero-order valence-corrected chi connectivity index (χ0v) is 14.6. The average molecular weight is 342 g/mol. The van der Waals surface area contributed by atoms with Gasteiger partial charge in [-0.3, -0.25) is 9.59 Å². The van der Waals surface area contributed by atoms with Gasteiger partial charge in [0.2, 0.25) is 11.8 Å². The number of amides is 2. The second-order valence-electron chi connectivity index (χ2n) is 7.63. The Kier molecular flexibility index (Phi) is 4.64. The number of nitrogens with one attached hydrogen (secondary N) is 1. The number of hydrogen-bond donors (Lipinski definition) is 1. The van der Waals surface area contributed by atoms with Gasteiger partial charge in [-0.2, -0.15) is 0 Å². The molecule has 5 nitrogen and oxygen atoms in total. The minimum absolute atomic E-state index is 0.0618. The number of piperidine rings is 1. The maximum Gasteiger partial charge on any atom is 0.229 e. The molecule has 1 aromatic carbocycles. The summed E-state index contributed by atoms with van der Waals surface area (Å²) < 4.78 is 5.77. The number of rotatable bonds is 4. The van der Waals surface area contributed by atoms with Crippen LogP contribution in [0.5, 0.6) is 5.75 Å². The maximum absolute atomic E-state index is 12.9. The van der Waals surface area contributed by atoms with Crippen molar-refractivity contribution in [3.63, 3.8) is 0 Å². The number of benzene rings is 1. The average Bonchev–Trinajstić information content (AvgIpc) is 3.49. The lowest BCUT2D eigenvalue weighted by Gasteiger charge is -2.35. The molecule has 1 N–H and O–H groups in total. The van der Waals surface area contributed by atoms with Gasteiger partial charge in [0.25, 0.3) is 0 Å². The van der Waals surface area contributed by atoms with Gasteiger partial charge in [-0.05, 0) is 49.7 Å². The molecule has 0 aromatic heterocycles. The monoisotopic (exact) mass is 342 g/mol. The molecule has 1 aromatic rings. The summed E-state index contributed by atoms with van der Waals surface area (Å²) in [6.45, 7) is 2.54. The molecule has 134 valence electrons. The minimum Gasteiger partial charge on any atom is -0.492 e. The highest BCUT2D eigenvalue weighted by molar-refractivity contribution is 5.83. The normalized spacial score (nSPS) is 25.7. The van der Waals surface area contributed by atoms with Crippen LogP contribution in [0.2, 0.25) is 0 Å². The molecule has 0 bridgehead atoms. The number of hydrogen-bond acceptors (Lipinski definition) is 3. The van der Waals surface area contributed by atoms with Crippen LogP contribution in [0.3, 0.4) is 0 Å². The largest absolute Gasteiger partial charge is 0.492 e. The second kappa shape index (κ2) is 7.06. The molecule has 2 atom stereocenters. The van der Waals surface area contributed by atoms with Gasteiger partial charge in [-0.1, -0.05) is 18.2 Å². The Labute approximate surface area is 148 Å². The van der Waals surface area contributed by atoms with Gasteiger partial charge in [0.15, 0.2) is 0 Å². The summed E-state index contributed by atoms with van der Waals surface area (Å²) >= 11 is 0. The Hall–Kier alpha value is -2.04. The summed E-state index contributed by atoms with van der Waals surface area (Å²) in [7, 11) is 0. The molecule has 2 fully saturated rings. The number of likely N-dealkylation sites (tertiary alicyclic amines) is 1. The van der Waals surface area contributed by atoms with Crippen LogP contribution >= 0.6 is 0 Å². The van der Waals surface area contributed by atoms with E-state index in [-0.39, 0.29) is 23.7 Å². The lowest BCUT2D eigenvalue weighted by Crippen LogP contribution is -2.49.